The molecule has 0 aromatic carbocycles. The number of aromatic nitrogens is 1. The third-order valence-electron chi connectivity index (χ3n) is 2.04. The molecule has 0 spiro atoms. The van der Waals surface area contributed by atoms with E-state index in [2.05, 4.69) is 10.3 Å². The van der Waals surface area contributed by atoms with Crippen molar-refractivity contribution in [2.24, 2.45) is 0 Å². The van der Waals surface area contributed by atoms with E-state index in [4.69, 9.17) is 4.74 Å². The van der Waals surface area contributed by atoms with Crippen LogP contribution in [-0.4, -0.2) is 23.6 Å². The van der Waals surface area contributed by atoms with E-state index in [1.165, 1.54) is 6.20 Å². The van der Waals surface area contributed by atoms with Crippen LogP contribution in [-0.2, 0) is 6.54 Å². The first kappa shape index (κ1) is 13.8. The highest BCUT2D eigenvalue weighted by Crippen LogP contribution is 2.17. The minimum Gasteiger partial charge on any atom is -0.486 e. The van der Waals surface area contributed by atoms with Crippen molar-refractivity contribution in [1.29, 1.82) is 0 Å². The van der Waals surface area contributed by atoms with Gasteiger partial charge in [-0.05, 0) is 26.8 Å². The molecule has 1 rings (SSSR count). The Bertz CT molecular complexity index is 351. The number of nitrogens with zero attached hydrogens (tertiary/aromatic N) is 1. The van der Waals surface area contributed by atoms with E-state index in [0.29, 0.717) is 12.3 Å². The predicted molar refractivity (Wildman–Crippen MR) is 62.3 cm³/mol. The third kappa shape index (κ3) is 5.58. The van der Waals surface area contributed by atoms with Gasteiger partial charge < -0.3 is 10.1 Å². The van der Waals surface area contributed by atoms with E-state index in [1.807, 2.05) is 20.8 Å². The first-order chi connectivity index (χ1) is 7.88. The quantitative estimate of drug-likeness (QED) is 0.864. The highest BCUT2D eigenvalue weighted by Gasteiger charge is 2.12. The van der Waals surface area contributed by atoms with Crippen LogP contribution in [0.5, 0.6) is 5.75 Å². The summed E-state index contributed by atoms with van der Waals surface area (Å²) >= 11 is 0. The molecule has 0 amide bonds. The summed E-state index contributed by atoms with van der Waals surface area (Å²) in [6.07, 6.45) is 0.607. The van der Waals surface area contributed by atoms with E-state index in [-0.39, 0.29) is 5.54 Å². The molecule has 0 aliphatic heterocycles. The fraction of sp³-hybridized carbons (Fsp3) is 0.583. The molecule has 17 heavy (non-hydrogen) atoms. The van der Waals surface area contributed by atoms with Gasteiger partial charge in [-0.15, -0.1) is 0 Å². The van der Waals surface area contributed by atoms with Crippen molar-refractivity contribution in [3.8, 4) is 5.75 Å². The number of halogens is 2. The molecule has 0 unspecified atom stereocenters. The molecular formula is C12H18F2N2O. The number of hydrogen-bond donors (Lipinski definition) is 1. The van der Waals surface area contributed by atoms with Crippen LogP contribution >= 0.6 is 0 Å². The lowest BCUT2D eigenvalue weighted by Crippen LogP contribution is -2.35. The van der Waals surface area contributed by atoms with Crippen LogP contribution in [0.3, 0.4) is 0 Å². The molecule has 0 fully saturated rings. The summed E-state index contributed by atoms with van der Waals surface area (Å²) in [5.41, 5.74) is 0.791. The van der Waals surface area contributed by atoms with Gasteiger partial charge in [0.25, 0.3) is 6.43 Å². The minimum absolute atomic E-state index is 0.0384. The topological polar surface area (TPSA) is 34.2 Å². The van der Waals surface area contributed by atoms with Gasteiger partial charge in [0.2, 0.25) is 0 Å². The number of nitrogens with one attached hydrogen (secondary N) is 1. The van der Waals surface area contributed by atoms with Gasteiger partial charge in [0.1, 0.15) is 12.4 Å². The lowest BCUT2D eigenvalue weighted by atomic mass is 10.1. The molecule has 0 bridgehead atoms. The van der Waals surface area contributed by atoms with Crippen molar-refractivity contribution in [2.75, 3.05) is 6.61 Å². The van der Waals surface area contributed by atoms with E-state index in [9.17, 15) is 8.78 Å². The highest BCUT2D eigenvalue weighted by molar-refractivity contribution is 5.29. The van der Waals surface area contributed by atoms with Crippen molar-refractivity contribution in [3.05, 3.63) is 24.0 Å². The standard InChI is InChI=1S/C12H18F2N2O/c1-12(2,3)16-6-9-4-5-15-7-10(9)17-8-11(13)14/h4-5,7,11,16H,6,8H2,1-3H3. The van der Waals surface area contributed by atoms with Gasteiger partial charge in [-0.2, -0.15) is 0 Å². The molecule has 0 saturated heterocycles. The molecule has 1 heterocycles. The van der Waals surface area contributed by atoms with Gasteiger partial charge in [0.15, 0.2) is 0 Å². The molecule has 5 heteroatoms. The molecule has 0 radical (unpaired) electrons. The Morgan fingerprint density at radius 1 is 1.41 bits per heavy atom. The van der Waals surface area contributed by atoms with Crippen molar-refractivity contribution in [1.82, 2.24) is 10.3 Å². The number of alkyl halides is 2. The second-order valence-electron chi connectivity index (χ2n) is 4.79. The van der Waals surface area contributed by atoms with Crippen LogP contribution in [0.25, 0.3) is 0 Å². The summed E-state index contributed by atoms with van der Waals surface area (Å²) in [5, 5.41) is 3.27. The normalized spacial score (nSPS) is 11.9. The van der Waals surface area contributed by atoms with Crippen molar-refractivity contribution >= 4 is 0 Å². The zero-order valence-electron chi connectivity index (χ0n) is 10.3. The van der Waals surface area contributed by atoms with E-state index in [0.717, 1.165) is 5.56 Å². The van der Waals surface area contributed by atoms with Gasteiger partial charge in [0.05, 0.1) is 6.20 Å². The number of pyridine rings is 1. The summed E-state index contributed by atoms with van der Waals surface area (Å²) in [6.45, 7) is 6.06. The summed E-state index contributed by atoms with van der Waals surface area (Å²) in [7, 11) is 0. The van der Waals surface area contributed by atoms with Crippen molar-refractivity contribution < 1.29 is 13.5 Å². The average Bonchev–Trinajstić information content (AvgIpc) is 2.23. The Labute approximate surface area is 100 Å². The van der Waals surface area contributed by atoms with Gasteiger partial charge in [-0.25, -0.2) is 8.78 Å². The van der Waals surface area contributed by atoms with Crippen LogP contribution < -0.4 is 10.1 Å². The summed E-state index contributed by atoms with van der Waals surface area (Å²) in [5.74, 6) is 0.407. The molecule has 1 aromatic rings. The Morgan fingerprint density at radius 2 is 2.12 bits per heavy atom. The van der Waals surface area contributed by atoms with Crippen LogP contribution in [0.2, 0.25) is 0 Å². The van der Waals surface area contributed by atoms with Gasteiger partial charge in [0, 0.05) is 23.8 Å². The zero-order valence-corrected chi connectivity index (χ0v) is 10.3. The second kappa shape index (κ2) is 5.91. The van der Waals surface area contributed by atoms with E-state index in [1.54, 1.807) is 12.3 Å². The molecule has 96 valence electrons. The van der Waals surface area contributed by atoms with Gasteiger partial charge in [-0.3, -0.25) is 4.98 Å². The monoisotopic (exact) mass is 244 g/mol. The SMILES string of the molecule is CC(C)(C)NCc1ccncc1OCC(F)F. The van der Waals surface area contributed by atoms with E-state index < -0.39 is 13.0 Å². The maximum atomic E-state index is 12.1. The lowest BCUT2D eigenvalue weighted by molar-refractivity contribution is 0.0811. The highest BCUT2D eigenvalue weighted by atomic mass is 19.3. The third-order valence-corrected chi connectivity index (χ3v) is 2.04. The molecule has 3 nitrogen and oxygen atoms in total. The van der Waals surface area contributed by atoms with Crippen LogP contribution in [0, 0.1) is 0 Å². The Kier molecular flexibility index (Phi) is 4.81. The zero-order chi connectivity index (χ0) is 12.9. The number of ether oxygens (including phenoxy) is 1. The van der Waals surface area contributed by atoms with Gasteiger partial charge >= 0.3 is 0 Å². The molecule has 0 saturated carbocycles. The van der Waals surface area contributed by atoms with Gasteiger partial charge in [-0.1, -0.05) is 0 Å². The van der Waals surface area contributed by atoms with Crippen molar-refractivity contribution in [2.45, 2.75) is 39.3 Å². The number of rotatable bonds is 5. The largest absolute Gasteiger partial charge is 0.486 e. The van der Waals surface area contributed by atoms with Crippen LogP contribution in [0.1, 0.15) is 26.3 Å². The van der Waals surface area contributed by atoms with Crippen molar-refractivity contribution in [3.63, 3.8) is 0 Å². The molecule has 0 aliphatic rings. The molecular weight excluding hydrogens is 226 g/mol. The molecule has 1 N–H and O–H groups in total. The molecule has 0 aliphatic carbocycles. The fourth-order valence-electron chi connectivity index (χ4n) is 1.20. The minimum atomic E-state index is -2.47. The summed E-state index contributed by atoms with van der Waals surface area (Å²) in [4.78, 5) is 3.87. The lowest BCUT2D eigenvalue weighted by Gasteiger charge is -2.21. The Balaban J connectivity index is 2.64. The first-order valence-electron chi connectivity index (χ1n) is 5.47. The second-order valence-corrected chi connectivity index (χ2v) is 4.79. The maximum Gasteiger partial charge on any atom is 0.272 e. The smallest absolute Gasteiger partial charge is 0.272 e. The first-order valence-corrected chi connectivity index (χ1v) is 5.47. The Hall–Kier alpha value is -1.23. The van der Waals surface area contributed by atoms with Crippen LogP contribution in [0.4, 0.5) is 8.78 Å². The number of hydrogen-bond acceptors (Lipinski definition) is 3. The molecule has 1 aromatic heterocycles. The van der Waals surface area contributed by atoms with Crippen LogP contribution in [0.15, 0.2) is 18.5 Å². The average molecular weight is 244 g/mol. The summed E-state index contributed by atoms with van der Waals surface area (Å²) < 4.78 is 29.1. The Morgan fingerprint density at radius 3 is 2.71 bits per heavy atom. The summed E-state index contributed by atoms with van der Waals surface area (Å²) in [6, 6.07) is 1.76. The molecule has 0 atom stereocenters. The van der Waals surface area contributed by atoms with E-state index >= 15 is 0 Å². The predicted octanol–water partition coefficient (Wildman–Crippen LogP) is 2.61. The fourth-order valence-corrected chi connectivity index (χ4v) is 1.20. The maximum absolute atomic E-state index is 12.1.